The van der Waals surface area contributed by atoms with Gasteiger partial charge in [-0.15, -0.1) is 0 Å². The van der Waals surface area contributed by atoms with Crippen LogP contribution in [-0.2, 0) is 4.74 Å². The second-order valence-corrected chi connectivity index (χ2v) is 8.49. The van der Waals surface area contributed by atoms with Crippen molar-refractivity contribution in [1.82, 2.24) is 0 Å². The number of alkyl halides is 2. The van der Waals surface area contributed by atoms with Gasteiger partial charge in [-0.05, 0) is 35.8 Å². The quantitative estimate of drug-likeness (QED) is 0.276. The highest BCUT2D eigenvalue weighted by Gasteiger charge is 2.16. The molecule has 2 fully saturated rings. The summed E-state index contributed by atoms with van der Waals surface area (Å²) in [6.07, 6.45) is 20.5. The van der Waals surface area contributed by atoms with Crippen molar-refractivity contribution in [2.45, 2.75) is 77.0 Å². The predicted molar refractivity (Wildman–Crippen MR) is 107 cm³/mol. The average Bonchev–Trinajstić information content (AvgIpc) is 2.61. The lowest BCUT2D eigenvalue weighted by atomic mass is 9.85. The Morgan fingerprint density at radius 2 is 1.09 bits per heavy atom. The first-order valence-corrected chi connectivity index (χ1v) is 11.7. The zero-order chi connectivity index (χ0) is 16.3. The minimum absolute atomic E-state index is 0.873. The molecule has 2 aliphatic rings. The maximum absolute atomic E-state index is 5.84. The number of rotatable bonds is 8. The van der Waals surface area contributed by atoms with Crippen molar-refractivity contribution in [2.75, 3.05) is 10.7 Å². The van der Waals surface area contributed by atoms with Crippen LogP contribution in [0.15, 0.2) is 23.7 Å². The van der Waals surface area contributed by atoms with Gasteiger partial charge in [-0.3, -0.25) is 0 Å². The summed E-state index contributed by atoms with van der Waals surface area (Å²) in [5, 5.41) is 1.87. The highest BCUT2D eigenvalue weighted by atomic mass is 79.9. The van der Waals surface area contributed by atoms with Crippen molar-refractivity contribution < 1.29 is 4.74 Å². The standard InChI is InChI=1S/C20H32Br2O/c21-13-19(11-17-7-3-1-4-8-17)15-23-16-20(14-22)12-18-9-5-2-6-10-18/h15-18H,1-14H2. The van der Waals surface area contributed by atoms with E-state index in [-0.39, 0.29) is 0 Å². The minimum atomic E-state index is 0.873. The minimum Gasteiger partial charge on any atom is -0.473 e. The van der Waals surface area contributed by atoms with Gasteiger partial charge in [0.15, 0.2) is 0 Å². The topological polar surface area (TPSA) is 9.23 Å². The molecule has 0 radical (unpaired) electrons. The summed E-state index contributed by atoms with van der Waals surface area (Å²) in [5.74, 6) is 1.75. The summed E-state index contributed by atoms with van der Waals surface area (Å²) < 4.78 is 5.84. The Hall–Kier alpha value is 0.240. The zero-order valence-corrected chi connectivity index (χ0v) is 17.5. The molecule has 0 unspecified atom stereocenters. The molecule has 23 heavy (non-hydrogen) atoms. The van der Waals surface area contributed by atoms with E-state index in [2.05, 4.69) is 31.9 Å². The van der Waals surface area contributed by atoms with Crippen molar-refractivity contribution in [3.63, 3.8) is 0 Å². The largest absolute Gasteiger partial charge is 0.473 e. The number of hydrogen-bond donors (Lipinski definition) is 0. The fourth-order valence-corrected chi connectivity index (χ4v) is 4.74. The monoisotopic (exact) mass is 446 g/mol. The van der Waals surface area contributed by atoms with Gasteiger partial charge < -0.3 is 4.74 Å². The van der Waals surface area contributed by atoms with Gasteiger partial charge in [0.1, 0.15) is 0 Å². The van der Waals surface area contributed by atoms with Crippen LogP contribution in [-0.4, -0.2) is 10.7 Å². The van der Waals surface area contributed by atoms with Gasteiger partial charge in [-0.1, -0.05) is 96.1 Å². The van der Waals surface area contributed by atoms with Crippen LogP contribution in [0, 0.1) is 11.8 Å². The second kappa shape index (κ2) is 11.7. The van der Waals surface area contributed by atoms with E-state index in [1.54, 1.807) is 0 Å². The van der Waals surface area contributed by atoms with Crippen LogP contribution in [0.4, 0.5) is 0 Å². The molecule has 0 aromatic carbocycles. The Bertz CT molecular complexity index is 341. The first-order valence-electron chi connectivity index (χ1n) is 9.45. The van der Waals surface area contributed by atoms with Gasteiger partial charge in [0.2, 0.25) is 0 Å². The lowest BCUT2D eigenvalue weighted by Gasteiger charge is -2.22. The van der Waals surface area contributed by atoms with Gasteiger partial charge in [0.05, 0.1) is 12.5 Å². The number of allylic oxidation sites excluding steroid dienone is 2. The Labute approximate surface area is 159 Å². The lowest BCUT2D eigenvalue weighted by molar-refractivity contribution is 0.338. The number of ether oxygens (including phenoxy) is 1. The molecular formula is C20H32Br2O. The van der Waals surface area contributed by atoms with E-state index in [1.807, 2.05) is 12.5 Å². The second-order valence-electron chi connectivity index (χ2n) is 7.37. The van der Waals surface area contributed by atoms with Crippen molar-refractivity contribution in [2.24, 2.45) is 11.8 Å². The zero-order valence-electron chi connectivity index (χ0n) is 14.4. The van der Waals surface area contributed by atoms with Gasteiger partial charge >= 0.3 is 0 Å². The van der Waals surface area contributed by atoms with E-state index in [9.17, 15) is 0 Å². The molecule has 2 aliphatic carbocycles. The molecule has 0 aromatic heterocycles. The normalized spacial score (nSPS) is 22.3. The highest BCUT2D eigenvalue weighted by Crippen LogP contribution is 2.30. The molecule has 0 amide bonds. The third kappa shape index (κ3) is 7.77. The average molecular weight is 448 g/mol. The summed E-state index contributed by atoms with van der Waals surface area (Å²) in [6, 6.07) is 0. The number of hydrogen-bond acceptors (Lipinski definition) is 1. The van der Waals surface area contributed by atoms with Crippen LogP contribution in [0.3, 0.4) is 0 Å². The van der Waals surface area contributed by atoms with Crippen molar-refractivity contribution in [3.8, 4) is 0 Å². The summed E-state index contributed by atoms with van der Waals surface area (Å²) in [5.41, 5.74) is 2.81. The fourth-order valence-electron chi connectivity index (χ4n) is 4.02. The van der Waals surface area contributed by atoms with E-state index in [4.69, 9.17) is 4.74 Å². The van der Waals surface area contributed by atoms with Crippen LogP contribution in [0.25, 0.3) is 0 Å². The van der Waals surface area contributed by atoms with Crippen LogP contribution in [0.2, 0.25) is 0 Å². The van der Waals surface area contributed by atoms with E-state index >= 15 is 0 Å². The smallest absolute Gasteiger partial charge is 0.0901 e. The Morgan fingerprint density at radius 1 is 0.696 bits per heavy atom. The highest BCUT2D eigenvalue weighted by molar-refractivity contribution is 9.09. The van der Waals surface area contributed by atoms with E-state index < -0.39 is 0 Å². The SMILES string of the molecule is BrCC(=COC=C(CBr)CC1CCCCC1)CC1CCCCC1. The summed E-state index contributed by atoms with van der Waals surface area (Å²) in [4.78, 5) is 0. The van der Waals surface area contributed by atoms with Crippen LogP contribution >= 0.6 is 31.9 Å². The summed E-state index contributed by atoms with van der Waals surface area (Å²) in [7, 11) is 0. The molecule has 0 aromatic rings. The van der Waals surface area contributed by atoms with Crippen LogP contribution < -0.4 is 0 Å². The lowest BCUT2D eigenvalue weighted by Crippen LogP contribution is -2.08. The maximum Gasteiger partial charge on any atom is 0.0901 e. The van der Waals surface area contributed by atoms with Crippen LogP contribution in [0.5, 0.6) is 0 Å². The van der Waals surface area contributed by atoms with Gasteiger partial charge in [0.25, 0.3) is 0 Å². The predicted octanol–water partition coefficient (Wildman–Crippen LogP) is 7.50. The Morgan fingerprint density at radius 3 is 1.43 bits per heavy atom. The first-order chi connectivity index (χ1) is 11.3. The first kappa shape index (κ1) is 19.6. The molecule has 0 heterocycles. The molecule has 2 rings (SSSR count). The molecule has 2 saturated carbocycles. The molecule has 0 saturated heterocycles. The summed E-state index contributed by atoms with van der Waals surface area (Å²) >= 11 is 7.26. The molecule has 1 nitrogen and oxygen atoms in total. The molecule has 132 valence electrons. The van der Waals surface area contributed by atoms with E-state index in [0.29, 0.717) is 0 Å². The number of halogens is 2. The third-order valence-electron chi connectivity index (χ3n) is 5.36. The van der Waals surface area contributed by atoms with Crippen molar-refractivity contribution in [1.29, 1.82) is 0 Å². The molecule has 0 N–H and O–H groups in total. The van der Waals surface area contributed by atoms with E-state index in [1.165, 1.54) is 88.2 Å². The van der Waals surface area contributed by atoms with Gasteiger partial charge in [0, 0.05) is 10.7 Å². The maximum atomic E-state index is 5.84. The summed E-state index contributed by atoms with van der Waals surface area (Å²) in [6.45, 7) is 0. The molecule has 0 spiro atoms. The third-order valence-corrected chi connectivity index (χ3v) is 6.80. The van der Waals surface area contributed by atoms with Gasteiger partial charge in [-0.25, -0.2) is 0 Å². The molecule has 3 heteroatoms. The Kier molecular flexibility index (Phi) is 9.98. The van der Waals surface area contributed by atoms with Crippen molar-refractivity contribution in [3.05, 3.63) is 23.7 Å². The van der Waals surface area contributed by atoms with Crippen LogP contribution in [0.1, 0.15) is 77.0 Å². The molecular weight excluding hydrogens is 416 g/mol. The van der Waals surface area contributed by atoms with Gasteiger partial charge in [-0.2, -0.15) is 0 Å². The fraction of sp³-hybridized carbons (Fsp3) is 0.800. The molecule has 0 aliphatic heterocycles. The van der Waals surface area contributed by atoms with E-state index in [0.717, 1.165) is 22.5 Å². The Balaban J connectivity index is 1.79. The molecule has 0 atom stereocenters. The van der Waals surface area contributed by atoms with Crippen molar-refractivity contribution >= 4 is 31.9 Å². The molecule has 0 bridgehead atoms.